The number of nitrogens with one attached hydrogen (secondary N) is 2. The number of benzene rings is 2. The molecule has 2 rings (SSSR count). The van der Waals surface area contributed by atoms with Crippen LogP contribution < -0.4 is 14.8 Å². The first-order valence-electron chi connectivity index (χ1n) is 7.51. The molecule has 0 saturated carbocycles. The summed E-state index contributed by atoms with van der Waals surface area (Å²) in [7, 11) is -2.78. The number of halogens is 1. The second-order valence-corrected chi connectivity index (χ2v) is 7.26. The highest BCUT2D eigenvalue weighted by Crippen LogP contribution is 2.24. The maximum absolute atomic E-state index is 13.5. The Morgan fingerprint density at radius 2 is 1.84 bits per heavy atom. The lowest BCUT2D eigenvalue weighted by Gasteiger charge is -2.14. The van der Waals surface area contributed by atoms with Crippen LogP contribution >= 0.6 is 0 Å². The molecule has 2 aromatic rings. The second kappa shape index (κ2) is 7.52. The molecule has 2 aromatic carbocycles. The number of sulfonamides is 1. The fourth-order valence-corrected chi connectivity index (χ4v) is 3.22. The third-order valence-electron chi connectivity index (χ3n) is 3.27. The van der Waals surface area contributed by atoms with Crippen molar-refractivity contribution in [3.05, 3.63) is 53.8 Å². The number of anilines is 1. The van der Waals surface area contributed by atoms with Crippen LogP contribution in [0.3, 0.4) is 0 Å². The predicted molar refractivity (Wildman–Crippen MR) is 92.8 cm³/mol. The van der Waals surface area contributed by atoms with Gasteiger partial charge in [-0.1, -0.05) is 12.1 Å². The topological polar surface area (TPSA) is 84.5 Å². The molecule has 0 aromatic heterocycles. The molecule has 6 nitrogen and oxygen atoms in total. The lowest BCUT2D eigenvalue weighted by Crippen LogP contribution is -2.31. The van der Waals surface area contributed by atoms with Crippen LogP contribution in [0.5, 0.6) is 5.75 Å². The molecule has 0 atom stereocenters. The Kier molecular flexibility index (Phi) is 5.63. The summed E-state index contributed by atoms with van der Waals surface area (Å²) >= 11 is 0. The van der Waals surface area contributed by atoms with Gasteiger partial charge in [0.1, 0.15) is 0 Å². The second-order valence-electron chi connectivity index (χ2n) is 5.58. The molecule has 0 aliphatic carbocycles. The van der Waals surface area contributed by atoms with E-state index in [-0.39, 0.29) is 27.9 Å². The maximum Gasteiger partial charge on any atom is 0.262 e. The average molecular weight is 366 g/mol. The molecule has 0 fully saturated rings. The van der Waals surface area contributed by atoms with Crippen LogP contribution in [0, 0.1) is 5.82 Å². The van der Waals surface area contributed by atoms with E-state index in [1.807, 2.05) is 0 Å². The summed E-state index contributed by atoms with van der Waals surface area (Å²) in [5.74, 6) is -1.25. The molecule has 0 spiro atoms. The Bertz CT molecular complexity index is 882. The first-order valence-corrected chi connectivity index (χ1v) is 8.99. The first-order chi connectivity index (χ1) is 11.7. The van der Waals surface area contributed by atoms with Crippen molar-refractivity contribution in [2.75, 3.05) is 11.8 Å². The van der Waals surface area contributed by atoms with Crippen molar-refractivity contribution in [3.63, 3.8) is 0 Å². The first kappa shape index (κ1) is 18.7. The van der Waals surface area contributed by atoms with Gasteiger partial charge in [-0.3, -0.25) is 9.52 Å². The molecular formula is C17H19FN2O4S. The zero-order valence-electron chi connectivity index (χ0n) is 14.0. The van der Waals surface area contributed by atoms with Gasteiger partial charge in [-0.2, -0.15) is 0 Å². The predicted octanol–water partition coefficient (Wildman–Crippen LogP) is 2.77. The van der Waals surface area contributed by atoms with Crippen molar-refractivity contribution in [2.45, 2.75) is 24.8 Å². The van der Waals surface area contributed by atoms with E-state index in [1.54, 1.807) is 26.0 Å². The van der Waals surface area contributed by atoms with Crippen LogP contribution in [0.1, 0.15) is 24.2 Å². The molecule has 134 valence electrons. The Morgan fingerprint density at radius 3 is 2.48 bits per heavy atom. The van der Waals surface area contributed by atoms with Gasteiger partial charge in [0, 0.05) is 12.1 Å². The minimum atomic E-state index is -4.02. The summed E-state index contributed by atoms with van der Waals surface area (Å²) in [5.41, 5.74) is 0.317. The zero-order valence-corrected chi connectivity index (χ0v) is 14.9. The highest BCUT2D eigenvalue weighted by atomic mass is 32.2. The van der Waals surface area contributed by atoms with Crippen LogP contribution in [0.15, 0.2) is 47.4 Å². The highest BCUT2D eigenvalue weighted by molar-refractivity contribution is 7.92. The van der Waals surface area contributed by atoms with Gasteiger partial charge < -0.3 is 10.1 Å². The zero-order chi connectivity index (χ0) is 18.6. The van der Waals surface area contributed by atoms with Gasteiger partial charge in [0.05, 0.1) is 23.3 Å². The summed E-state index contributed by atoms with van der Waals surface area (Å²) in [6.45, 7) is 3.60. The molecule has 1 amide bonds. The van der Waals surface area contributed by atoms with Gasteiger partial charge in [0.15, 0.2) is 11.6 Å². The van der Waals surface area contributed by atoms with E-state index in [2.05, 4.69) is 10.0 Å². The van der Waals surface area contributed by atoms with Gasteiger partial charge in [0.25, 0.3) is 15.9 Å². The lowest BCUT2D eigenvalue weighted by molar-refractivity contribution is 0.0944. The third kappa shape index (κ3) is 4.48. The normalized spacial score (nSPS) is 11.2. The fraction of sp³-hybridized carbons (Fsp3) is 0.235. The number of carbonyl (C=O) groups excluding carboxylic acids is 1. The summed E-state index contributed by atoms with van der Waals surface area (Å²) in [6, 6.07) is 9.34. The number of para-hydroxylation sites is 1. The van der Waals surface area contributed by atoms with Crippen molar-refractivity contribution < 1.29 is 22.3 Å². The van der Waals surface area contributed by atoms with Crippen LogP contribution in [0.25, 0.3) is 0 Å². The summed E-state index contributed by atoms with van der Waals surface area (Å²) in [4.78, 5) is 12.1. The number of methoxy groups -OCH3 is 1. The summed E-state index contributed by atoms with van der Waals surface area (Å²) < 4.78 is 45.8. The van der Waals surface area contributed by atoms with E-state index >= 15 is 0 Å². The van der Waals surface area contributed by atoms with Gasteiger partial charge in [-0.15, -0.1) is 0 Å². The number of ether oxygens (including phenoxy) is 1. The Balaban J connectivity index is 2.37. The monoisotopic (exact) mass is 366 g/mol. The smallest absolute Gasteiger partial charge is 0.262 e. The van der Waals surface area contributed by atoms with Crippen LogP contribution in [-0.4, -0.2) is 27.5 Å². The molecule has 0 aliphatic rings. The number of amides is 1. The third-order valence-corrected chi connectivity index (χ3v) is 4.63. The van der Waals surface area contributed by atoms with E-state index in [4.69, 9.17) is 4.74 Å². The lowest BCUT2D eigenvalue weighted by atomic mass is 10.1. The van der Waals surface area contributed by atoms with Gasteiger partial charge in [0.2, 0.25) is 0 Å². The van der Waals surface area contributed by atoms with E-state index in [0.717, 1.165) is 18.2 Å². The minimum Gasteiger partial charge on any atom is -0.494 e. The number of rotatable bonds is 6. The van der Waals surface area contributed by atoms with Crippen molar-refractivity contribution >= 4 is 21.6 Å². The number of hydrogen-bond acceptors (Lipinski definition) is 4. The van der Waals surface area contributed by atoms with Gasteiger partial charge in [-0.05, 0) is 38.1 Å². The van der Waals surface area contributed by atoms with Crippen molar-refractivity contribution in [1.82, 2.24) is 5.32 Å². The quantitative estimate of drug-likeness (QED) is 0.823. The average Bonchev–Trinajstić information content (AvgIpc) is 2.54. The number of hydrogen-bond donors (Lipinski definition) is 2. The molecule has 0 aliphatic heterocycles. The molecule has 0 heterocycles. The highest BCUT2D eigenvalue weighted by Gasteiger charge is 2.20. The molecule has 0 bridgehead atoms. The van der Waals surface area contributed by atoms with Gasteiger partial charge >= 0.3 is 0 Å². The van der Waals surface area contributed by atoms with Crippen LogP contribution in [0.4, 0.5) is 10.1 Å². The Morgan fingerprint density at radius 1 is 1.16 bits per heavy atom. The van der Waals surface area contributed by atoms with Crippen molar-refractivity contribution in [2.24, 2.45) is 0 Å². The SMILES string of the molecule is COc1cc(S(=O)(=O)Nc2ccccc2C(=O)NC(C)C)ccc1F. The van der Waals surface area contributed by atoms with E-state index < -0.39 is 21.7 Å². The summed E-state index contributed by atoms with van der Waals surface area (Å²) in [5, 5.41) is 2.71. The van der Waals surface area contributed by atoms with Crippen molar-refractivity contribution in [1.29, 1.82) is 0 Å². The van der Waals surface area contributed by atoms with Crippen LogP contribution in [-0.2, 0) is 10.0 Å². The van der Waals surface area contributed by atoms with E-state index in [1.165, 1.54) is 19.2 Å². The molecule has 0 unspecified atom stereocenters. The fourth-order valence-electron chi connectivity index (χ4n) is 2.12. The molecular weight excluding hydrogens is 347 g/mol. The Hall–Kier alpha value is -2.61. The van der Waals surface area contributed by atoms with Crippen molar-refractivity contribution in [3.8, 4) is 5.75 Å². The standard InChI is InChI=1S/C17H19FN2O4S/c1-11(2)19-17(21)13-6-4-5-7-15(13)20-25(22,23)12-8-9-14(18)16(10-12)24-3/h4-11,20H,1-3H3,(H,19,21). The molecule has 0 saturated heterocycles. The summed E-state index contributed by atoms with van der Waals surface area (Å²) in [6.07, 6.45) is 0. The van der Waals surface area contributed by atoms with Crippen LogP contribution in [0.2, 0.25) is 0 Å². The van der Waals surface area contributed by atoms with Gasteiger partial charge in [-0.25, -0.2) is 12.8 Å². The Labute approximate surface area is 146 Å². The molecule has 8 heteroatoms. The molecule has 0 radical (unpaired) electrons. The molecule has 25 heavy (non-hydrogen) atoms. The van der Waals surface area contributed by atoms with E-state index in [9.17, 15) is 17.6 Å². The largest absolute Gasteiger partial charge is 0.494 e. The van der Waals surface area contributed by atoms with E-state index in [0.29, 0.717) is 0 Å². The number of carbonyl (C=O) groups is 1. The minimum absolute atomic E-state index is 0.0986. The molecule has 2 N–H and O–H groups in total. The maximum atomic E-state index is 13.5.